The Bertz CT molecular complexity index is 197. The van der Waals surface area contributed by atoms with Crippen LogP contribution in [0.4, 0.5) is 0 Å². The molecule has 0 saturated carbocycles. The van der Waals surface area contributed by atoms with Gasteiger partial charge in [-0.3, -0.25) is 4.79 Å². The largest absolute Gasteiger partial charge is 0.464 e. The van der Waals surface area contributed by atoms with Gasteiger partial charge in [-0.25, -0.2) is 0 Å². The highest BCUT2D eigenvalue weighted by Gasteiger charge is 2.24. The van der Waals surface area contributed by atoms with Crippen molar-refractivity contribution in [3.05, 3.63) is 0 Å². The maximum atomic E-state index is 11.3. The van der Waals surface area contributed by atoms with Gasteiger partial charge in [-0.1, -0.05) is 27.2 Å². The van der Waals surface area contributed by atoms with Crippen LogP contribution in [0.3, 0.4) is 0 Å². The summed E-state index contributed by atoms with van der Waals surface area (Å²) < 4.78 is 5.08. The first kappa shape index (κ1) is 17.1. The van der Waals surface area contributed by atoms with Crippen molar-refractivity contribution in [3.63, 3.8) is 0 Å². The Morgan fingerprint density at radius 1 is 1.27 bits per heavy atom. The van der Waals surface area contributed by atoms with Crippen molar-refractivity contribution in [1.29, 1.82) is 0 Å². The van der Waals surface area contributed by atoms with E-state index in [0.29, 0.717) is 6.61 Å². The van der Waals surface area contributed by atoms with E-state index in [0.717, 1.165) is 12.8 Å². The van der Waals surface area contributed by atoms with Crippen LogP contribution < -0.4 is 5.73 Å². The predicted octanol–water partition coefficient (Wildman–Crippen LogP) is 2.52. The van der Waals surface area contributed by atoms with E-state index in [1.807, 2.05) is 0 Å². The van der Waals surface area contributed by atoms with Crippen LogP contribution in [0.2, 0.25) is 0 Å². The van der Waals surface area contributed by atoms with Gasteiger partial charge >= 0.3 is 5.97 Å². The number of esters is 1. The number of hydrogen-bond donors (Lipinski definition) is 1. The Balaban J connectivity index is 0. The Hall–Kier alpha value is -0.280. The second-order valence-electron chi connectivity index (χ2n) is 5.13. The molecule has 2 N–H and O–H groups in total. The molecule has 15 heavy (non-hydrogen) atoms. The molecular formula is C11H24ClNO2. The molecule has 0 aliphatic carbocycles. The van der Waals surface area contributed by atoms with Crippen LogP contribution in [0.15, 0.2) is 0 Å². The fourth-order valence-electron chi connectivity index (χ4n) is 0.783. The van der Waals surface area contributed by atoms with E-state index < -0.39 is 5.54 Å². The fraction of sp³-hybridized carbons (Fsp3) is 0.909. The summed E-state index contributed by atoms with van der Waals surface area (Å²) in [6, 6.07) is 0. The van der Waals surface area contributed by atoms with Gasteiger partial charge in [0, 0.05) is 0 Å². The highest BCUT2D eigenvalue weighted by molar-refractivity contribution is 5.85. The van der Waals surface area contributed by atoms with E-state index >= 15 is 0 Å². The van der Waals surface area contributed by atoms with Crippen LogP contribution in [0.5, 0.6) is 0 Å². The SMILES string of the molecule is CCC(C)(C)CCOC(=O)C(C)(C)N.Cl. The highest BCUT2D eigenvalue weighted by atomic mass is 35.5. The Morgan fingerprint density at radius 3 is 2.07 bits per heavy atom. The maximum Gasteiger partial charge on any atom is 0.325 e. The molecule has 0 heterocycles. The minimum atomic E-state index is -0.879. The first-order valence-corrected chi connectivity index (χ1v) is 5.15. The van der Waals surface area contributed by atoms with Crippen LogP contribution in [-0.4, -0.2) is 18.1 Å². The first-order chi connectivity index (χ1) is 6.19. The average Bonchev–Trinajstić information content (AvgIpc) is 2.02. The van der Waals surface area contributed by atoms with Crippen LogP contribution >= 0.6 is 12.4 Å². The second-order valence-corrected chi connectivity index (χ2v) is 5.13. The third kappa shape index (κ3) is 7.63. The minimum absolute atomic E-state index is 0. The number of carbonyl (C=O) groups is 1. The van der Waals surface area contributed by atoms with Crippen molar-refractivity contribution >= 4 is 18.4 Å². The molecule has 0 aromatic rings. The van der Waals surface area contributed by atoms with Gasteiger partial charge in [0.15, 0.2) is 0 Å². The number of hydrogen-bond acceptors (Lipinski definition) is 3. The van der Waals surface area contributed by atoms with Gasteiger partial charge < -0.3 is 10.5 Å². The molecule has 3 nitrogen and oxygen atoms in total. The maximum absolute atomic E-state index is 11.3. The molecule has 0 rings (SSSR count). The number of rotatable bonds is 5. The quantitative estimate of drug-likeness (QED) is 0.748. The summed E-state index contributed by atoms with van der Waals surface area (Å²) in [5.41, 5.74) is 4.94. The van der Waals surface area contributed by atoms with E-state index in [-0.39, 0.29) is 23.8 Å². The van der Waals surface area contributed by atoms with Crippen molar-refractivity contribution < 1.29 is 9.53 Å². The van der Waals surface area contributed by atoms with Gasteiger partial charge in [-0.05, 0) is 25.7 Å². The Kier molecular flexibility index (Phi) is 7.23. The standard InChI is InChI=1S/C11H23NO2.ClH/c1-6-10(2,3)7-8-14-9(13)11(4,5)12;/h6-8,12H2,1-5H3;1H. The summed E-state index contributed by atoms with van der Waals surface area (Å²) in [5.74, 6) is -0.329. The average molecular weight is 238 g/mol. The van der Waals surface area contributed by atoms with Crippen molar-refractivity contribution in [2.45, 2.75) is 53.0 Å². The second kappa shape index (κ2) is 6.33. The van der Waals surface area contributed by atoms with Gasteiger partial charge in [0.05, 0.1) is 6.61 Å². The number of ether oxygens (including phenoxy) is 1. The number of nitrogens with two attached hydrogens (primary N) is 1. The van der Waals surface area contributed by atoms with Crippen LogP contribution in [0.1, 0.15) is 47.5 Å². The zero-order valence-corrected chi connectivity index (χ0v) is 11.2. The summed E-state index contributed by atoms with van der Waals surface area (Å²) in [7, 11) is 0. The lowest BCUT2D eigenvalue weighted by Crippen LogP contribution is -2.43. The third-order valence-corrected chi connectivity index (χ3v) is 2.50. The predicted molar refractivity (Wildman–Crippen MR) is 65.2 cm³/mol. The zero-order valence-electron chi connectivity index (χ0n) is 10.4. The molecule has 0 spiro atoms. The van der Waals surface area contributed by atoms with Crippen LogP contribution in [0.25, 0.3) is 0 Å². The van der Waals surface area contributed by atoms with Crippen molar-refractivity contribution in [3.8, 4) is 0 Å². The van der Waals surface area contributed by atoms with Gasteiger partial charge in [-0.15, -0.1) is 12.4 Å². The monoisotopic (exact) mass is 237 g/mol. The normalized spacial score (nSPS) is 11.9. The molecule has 0 aliphatic rings. The molecule has 0 aromatic carbocycles. The molecule has 0 amide bonds. The molecule has 0 bridgehead atoms. The smallest absolute Gasteiger partial charge is 0.325 e. The number of carbonyl (C=O) groups excluding carboxylic acids is 1. The molecule has 0 aliphatic heterocycles. The van der Waals surface area contributed by atoms with Crippen molar-refractivity contribution in [1.82, 2.24) is 0 Å². The Labute approximate surface area is 99.2 Å². The minimum Gasteiger partial charge on any atom is -0.464 e. The summed E-state index contributed by atoms with van der Waals surface area (Å²) in [5, 5.41) is 0. The summed E-state index contributed by atoms with van der Waals surface area (Å²) >= 11 is 0. The number of halogens is 1. The molecular weight excluding hydrogens is 214 g/mol. The van der Waals surface area contributed by atoms with Gasteiger partial charge in [0.25, 0.3) is 0 Å². The highest BCUT2D eigenvalue weighted by Crippen LogP contribution is 2.24. The summed E-state index contributed by atoms with van der Waals surface area (Å²) in [6.07, 6.45) is 1.96. The molecule has 0 atom stereocenters. The molecule has 0 radical (unpaired) electrons. The molecule has 0 saturated heterocycles. The molecule has 0 fully saturated rings. The summed E-state index contributed by atoms with van der Waals surface area (Å²) in [6.45, 7) is 10.2. The molecule has 92 valence electrons. The first-order valence-electron chi connectivity index (χ1n) is 5.15. The van der Waals surface area contributed by atoms with E-state index in [2.05, 4.69) is 20.8 Å². The fourth-order valence-corrected chi connectivity index (χ4v) is 0.783. The van der Waals surface area contributed by atoms with Gasteiger partial charge in [0.2, 0.25) is 0 Å². The molecule has 4 heteroatoms. The lowest BCUT2D eigenvalue weighted by atomic mass is 9.87. The van der Waals surface area contributed by atoms with Crippen molar-refractivity contribution in [2.24, 2.45) is 11.1 Å². The lowest BCUT2D eigenvalue weighted by Gasteiger charge is -2.23. The third-order valence-electron chi connectivity index (χ3n) is 2.50. The van der Waals surface area contributed by atoms with Crippen molar-refractivity contribution in [2.75, 3.05) is 6.61 Å². The van der Waals surface area contributed by atoms with Gasteiger partial charge in [0.1, 0.15) is 5.54 Å². The van der Waals surface area contributed by atoms with E-state index in [1.165, 1.54) is 0 Å². The zero-order chi connectivity index (χ0) is 11.4. The van der Waals surface area contributed by atoms with E-state index in [1.54, 1.807) is 13.8 Å². The van der Waals surface area contributed by atoms with Crippen LogP contribution in [0, 0.1) is 5.41 Å². The van der Waals surface area contributed by atoms with Gasteiger partial charge in [-0.2, -0.15) is 0 Å². The summed E-state index contributed by atoms with van der Waals surface area (Å²) in [4.78, 5) is 11.3. The van der Waals surface area contributed by atoms with E-state index in [9.17, 15) is 4.79 Å². The van der Waals surface area contributed by atoms with E-state index in [4.69, 9.17) is 10.5 Å². The Morgan fingerprint density at radius 2 is 1.73 bits per heavy atom. The lowest BCUT2D eigenvalue weighted by molar-refractivity contribution is -0.149. The van der Waals surface area contributed by atoms with Crippen LogP contribution in [-0.2, 0) is 9.53 Å². The molecule has 0 unspecified atom stereocenters. The molecule has 0 aromatic heterocycles. The topological polar surface area (TPSA) is 52.3 Å².